The van der Waals surface area contributed by atoms with Crippen molar-refractivity contribution in [3.63, 3.8) is 0 Å². The number of benzene rings is 1. The molecule has 2 heterocycles. The largest absolute Gasteiger partial charge is 0.285 e. The van der Waals surface area contributed by atoms with E-state index in [-0.39, 0.29) is 36.4 Å². The van der Waals surface area contributed by atoms with Crippen molar-refractivity contribution in [3.05, 3.63) is 35.9 Å². The van der Waals surface area contributed by atoms with E-state index in [1.165, 1.54) is 0 Å². The molecule has 3 amide bonds. The van der Waals surface area contributed by atoms with Crippen LogP contribution in [0.4, 0.5) is 0 Å². The molecule has 3 rings (SSSR count). The minimum Gasteiger partial charge on any atom is -0.273 e. The van der Waals surface area contributed by atoms with Crippen molar-refractivity contribution in [2.45, 2.75) is 31.3 Å². The molecule has 9 heteroatoms. The van der Waals surface area contributed by atoms with Gasteiger partial charge in [0.1, 0.15) is 11.8 Å². The Kier molecular flexibility index (Phi) is 4.82. The van der Waals surface area contributed by atoms with Gasteiger partial charge in [0, 0.05) is 18.9 Å². The van der Waals surface area contributed by atoms with Gasteiger partial charge in [-0.25, -0.2) is 16.3 Å². The normalized spacial score (nSPS) is 23.2. The monoisotopic (exact) mass is 330 g/mol. The van der Waals surface area contributed by atoms with Gasteiger partial charge in [-0.05, 0) is 12.0 Å². The number of hydrazine groups is 2. The molecule has 0 aromatic heterocycles. The summed E-state index contributed by atoms with van der Waals surface area (Å²) in [6, 6.07) is 9.33. The van der Waals surface area contributed by atoms with Crippen LogP contribution in [0.1, 0.15) is 30.9 Å². The first kappa shape index (κ1) is 16.1. The number of carbonyl (C=O) groups is 3. The van der Waals surface area contributed by atoms with Gasteiger partial charge >= 0.3 is 0 Å². The number of hydrogen-bond acceptors (Lipinski definition) is 6. The van der Waals surface area contributed by atoms with Crippen molar-refractivity contribution in [2.75, 3.05) is 0 Å². The Morgan fingerprint density at radius 3 is 2.58 bits per heavy atom. The van der Waals surface area contributed by atoms with Crippen LogP contribution in [-0.4, -0.2) is 29.5 Å². The second-order valence-corrected chi connectivity index (χ2v) is 5.58. The molecule has 5 N–H and O–H groups in total. The lowest BCUT2D eigenvalue weighted by atomic mass is 10.0. The minimum atomic E-state index is -0.533. The quantitative estimate of drug-likeness (QED) is 0.455. The number of carbonyl (C=O) groups excluding carboxylic acids is 3. The van der Waals surface area contributed by atoms with Gasteiger partial charge in [0.05, 0.1) is 0 Å². The van der Waals surface area contributed by atoms with E-state index in [4.69, 9.17) is 0 Å². The number of hydrogen-bond donors (Lipinski definition) is 5. The van der Waals surface area contributed by atoms with Crippen LogP contribution in [0.3, 0.4) is 0 Å². The number of amides is 3. The lowest BCUT2D eigenvalue weighted by Crippen LogP contribution is -2.52. The molecule has 0 saturated carbocycles. The molecular weight excluding hydrogens is 312 g/mol. The first-order valence-corrected chi connectivity index (χ1v) is 7.65. The van der Waals surface area contributed by atoms with Crippen LogP contribution in [0, 0.1) is 0 Å². The number of nitrogens with zero attached hydrogens (tertiary/aromatic N) is 1. The Balaban J connectivity index is 1.48. The zero-order chi connectivity index (χ0) is 16.9. The molecule has 2 aliphatic rings. The van der Waals surface area contributed by atoms with Gasteiger partial charge in [-0.3, -0.25) is 25.2 Å². The van der Waals surface area contributed by atoms with Crippen LogP contribution >= 0.6 is 0 Å². The Morgan fingerprint density at radius 1 is 1.08 bits per heavy atom. The Morgan fingerprint density at radius 2 is 1.88 bits per heavy atom. The Labute approximate surface area is 138 Å². The standard InChI is InChI=1S/C15H18N6O3/c22-13-7-6-10(16-19-13)14(23)20-21-15(24)12-8-11(17-18-12)9-4-2-1-3-5-9/h1-5,11-12,17-18H,6-8H2,(H,19,22)(H,20,23)(H,21,24). The predicted octanol–water partition coefficient (Wildman–Crippen LogP) is -0.992. The van der Waals surface area contributed by atoms with E-state index >= 15 is 0 Å². The van der Waals surface area contributed by atoms with Gasteiger partial charge in [-0.1, -0.05) is 30.3 Å². The maximum Gasteiger partial charge on any atom is 0.285 e. The number of hydrazone groups is 1. The van der Waals surface area contributed by atoms with E-state index < -0.39 is 11.9 Å². The van der Waals surface area contributed by atoms with Crippen LogP contribution in [-0.2, 0) is 14.4 Å². The molecule has 24 heavy (non-hydrogen) atoms. The van der Waals surface area contributed by atoms with Gasteiger partial charge in [0.15, 0.2) is 0 Å². The molecule has 1 aromatic carbocycles. The molecule has 1 aromatic rings. The molecule has 0 bridgehead atoms. The van der Waals surface area contributed by atoms with Crippen LogP contribution in [0.2, 0.25) is 0 Å². The molecule has 2 atom stereocenters. The second kappa shape index (κ2) is 7.20. The fourth-order valence-electron chi connectivity index (χ4n) is 2.55. The molecule has 2 unspecified atom stereocenters. The SMILES string of the molecule is O=C1CCC(C(=O)NNC(=O)C2CC(c3ccccc3)NN2)=NN1. The zero-order valence-corrected chi connectivity index (χ0v) is 12.8. The third kappa shape index (κ3) is 3.76. The summed E-state index contributed by atoms with van der Waals surface area (Å²) < 4.78 is 0. The van der Waals surface area contributed by atoms with Crippen molar-refractivity contribution in [2.24, 2.45) is 5.10 Å². The fraction of sp³-hybridized carbons (Fsp3) is 0.333. The molecular formula is C15H18N6O3. The summed E-state index contributed by atoms with van der Waals surface area (Å²) in [5.41, 5.74) is 14.1. The third-order valence-corrected chi connectivity index (χ3v) is 3.89. The lowest BCUT2D eigenvalue weighted by molar-refractivity contribution is -0.127. The highest BCUT2D eigenvalue weighted by molar-refractivity contribution is 6.39. The number of rotatable bonds is 3. The molecule has 1 saturated heterocycles. The summed E-state index contributed by atoms with van der Waals surface area (Å²) in [4.78, 5) is 35.0. The average molecular weight is 330 g/mol. The molecule has 126 valence electrons. The Bertz CT molecular complexity index is 675. The highest BCUT2D eigenvalue weighted by Gasteiger charge is 2.30. The summed E-state index contributed by atoms with van der Waals surface area (Å²) in [6.45, 7) is 0. The third-order valence-electron chi connectivity index (χ3n) is 3.89. The topological polar surface area (TPSA) is 124 Å². The van der Waals surface area contributed by atoms with Gasteiger partial charge in [0.2, 0.25) is 5.91 Å². The minimum absolute atomic E-state index is 0.0237. The molecule has 0 spiro atoms. The van der Waals surface area contributed by atoms with E-state index in [9.17, 15) is 14.4 Å². The smallest absolute Gasteiger partial charge is 0.273 e. The van der Waals surface area contributed by atoms with Crippen molar-refractivity contribution in [1.82, 2.24) is 27.1 Å². The summed E-state index contributed by atoms with van der Waals surface area (Å²) in [5.74, 6) is -1.12. The van der Waals surface area contributed by atoms with Crippen molar-refractivity contribution < 1.29 is 14.4 Å². The highest BCUT2D eigenvalue weighted by Crippen LogP contribution is 2.21. The molecule has 2 aliphatic heterocycles. The highest BCUT2D eigenvalue weighted by atomic mass is 16.2. The summed E-state index contributed by atoms with van der Waals surface area (Å²) in [7, 11) is 0. The average Bonchev–Trinajstić information content (AvgIpc) is 3.11. The Hall–Kier alpha value is -2.78. The number of nitrogens with one attached hydrogen (secondary N) is 5. The van der Waals surface area contributed by atoms with E-state index in [1.54, 1.807) is 0 Å². The van der Waals surface area contributed by atoms with Gasteiger partial charge in [-0.2, -0.15) is 5.10 Å². The summed E-state index contributed by atoms with van der Waals surface area (Å²) in [5, 5.41) is 3.66. The van der Waals surface area contributed by atoms with E-state index in [2.05, 4.69) is 32.2 Å². The second-order valence-electron chi connectivity index (χ2n) is 5.58. The molecule has 0 aliphatic carbocycles. The maximum absolute atomic E-state index is 12.1. The molecule has 0 radical (unpaired) electrons. The first-order valence-electron chi connectivity index (χ1n) is 7.65. The maximum atomic E-state index is 12.1. The van der Waals surface area contributed by atoms with Crippen molar-refractivity contribution in [1.29, 1.82) is 0 Å². The van der Waals surface area contributed by atoms with Gasteiger partial charge in [0.25, 0.3) is 11.8 Å². The van der Waals surface area contributed by atoms with Gasteiger partial charge in [-0.15, -0.1) is 0 Å². The van der Waals surface area contributed by atoms with E-state index in [0.717, 1.165) is 5.56 Å². The van der Waals surface area contributed by atoms with E-state index in [1.807, 2.05) is 30.3 Å². The molecule has 1 fully saturated rings. The van der Waals surface area contributed by atoms with Crippen LogP contribution < -0.4 is 27.1 Å². The van der Waals surface area contributed by atoms with Crippen molar-refractivity contribution >= 4 is 23.4 Å². The van der Waals surface area contributed by atoms with Crippen LogP contribution in [0.5, 0.6) is 0 Å². The van der Waals surface area contributed by atoms with Crippen molar-refractivity contribution in [3.8, 4) is 0 Å². The van der Waals surface area contributed by atoms with Gasteiger partial charge < -0.3 is 0 Å². The first-order chi connectivity index (χ1) is 11.6. The lowest BCUT2D eigenvalue weighted by Gasteiger charge is -2.14. The predicted molar refractivity (Wildman–Crippen MR) is 85.0 cm³/mol. The fourth-order valence-corrected chi connectivity index (χ4v) is 2.55. The summed E-state index contributed by atoms with van der Waals surface area (Å²) in [6.07, 6.45) is 1.00. The summed E-state index contributed by atoms with van der Waals surface area (Å²) >= 11 is 0. The van der Waals surface area contributed by atoms with E-state index in [0.29, 0.717) is 6.42 Å². The molecule has 9 nitrogen and oxygen atoms in total. The van der Waals surface area contributed by atoms with Crippen LogP contribution in [0.25, 0.3) is 0 Å². The van der Waals surface area contributed by atoms with Crippen LogP contribution in [0.15, 0.2) is 35.4 Å². The zero-order valence-electron chi connectivity index (χ0n) is 12.8.